The Morgan fingerprint density at radius 1 is 1.08 bits per heavy atom. The van der Waals surface area contributed by atoms with E-state index in [9.17, 15) is 22.8 Å². The molecule has 1 unspecified atom stereocenters. The van der Waals surface area contributed by atoms with Crippen molar-refractivity contribution in [3.63, 3.8) is 0 Å². The summed E-state index contributed by atoms with van der Waals surface area (Å²) >= 11 is 0. The summed E-state index contributed by atoms with van der Waals surface area (Å²) < 4.78 is 40.4. The zero-order valence-corrected chi connectivity index (χ0v) is 13.4. The lowest BCUT2D eigenvalue weighted by Gasteiger charge is -2.22. The molecular weight excluding hydrogens is 333 g/mol. The van der Waals surface area contributed by atoms with Gasteiger partial charge in [-0.05, 0) is 24.3 Å². The zero-order valence-electron chi connectivity index (χ0n) is 13.4. The van der Waals surface area contributed by atoms with Gasteiger partial charge in [0, 0.05) is 25.7 Å². The Morgan fingerprint density at radius 2 is 1.76 bits per heavy atom. The van der Waals surface area contributed by atoms with E-state index in [0.717, 1.165) is 17.0 Å². The number of carbonyl (C=O) groups is 2. The van der Waals surface area contributed by atoms with Gasteiger partial charge in [-0.3, -0.25) is 9.59 Å². The van der Waals surface area contributed by atoms with Gasteiger partial charge in [-0.15, -0.1) is 0 Å². The predicted octanol–water partition coefficient (Wildman–Crippen LogP) is 3.12. The molecule has 7 heteroatoms. The lowest BCUT2D eigenvalue weighted by molar-refractivity contribution is -0.124. The van der Waals surface area contributed by atoms with Gasteiger partial charge < -0.3 is 9.80 Å². The molecule has 0 aliphatic carbocycles. The smallest absolute Gasteiger partial charge is 0.232 e. The molecule has 1 aliphatic heterocycles. The Hall–Kier alpha value is -2.83. The van der Waals surface area contributed by atoms with Crippen LogP contribution in [0, 0.1) is 23.4 Å². The minimum Gasteiger partial charge on any atom is -0.315 e. The molecule has 0 spiro atoms. The predicted molar refractivity (Wildman–Crippen MR) is 86.6 cm³/mol. The van der Waals surface area contributed by atoms with Gasteiger partial charge in [0.2, 0.25) is 11.8 Å². The minimum atomic E-state index is -1.64. The normalized spacial score (nSPS) is 17.0. The average molecular weight is 348 g/mol. The van der Waals surface area contributed by atoms with Crippen LogP contribution in [0.25, 0.3) is 0 Å². The Bertz CT molecular complexity index is 827. The number of hydrogen-bond donors (Lipinski definition) is 0. The second-order valence-electron chi connectivity index (χ2n) is 5.83. The largest absolute Gasteiger partial charge is 0.315 e. The highest BCUT2D eigenvalue weighted by Crippen LogP contribution is 2.30. The Balaban J connectivity index is 1.81. The maximum Gasteiger partial charge on any atom is 0.232 e. The Labute approximate surface area is 142 Å². The zero-order chi connectivity index (χ0) is 18.1. The first-order valence-electron chi connectivity index (χ1n) is 7.66. The number of amides is 2. The fourth-order valence-corrected chi connectivity index (χ4v) is 2.88. The average Bonchev–Trinajstić information content (AvgIpc) is 3.01. The van der Waals surface area contributed by atoms with Crippen molar-refractivity contribution < 1.29 is 22.8 Å². The van der Waals surface area contributed by atoms with E-state index in [4.69, 9.17) is 0 Å². The topological polar surface area (TPSA) is 40.6 Å². The van der Waals surface area contributed by atoms with Gasteiger partial charge >= 0.3 is 0 Å². The number of nitrogens with zero attached hydrogens (tertiary/aromatic N) is 2. The number of rotatable bonds is 3. The number of carbonyl (C=O) groups excluding carboxylic acids is 2. The molecule has 1 fully saturated rings. The lowest BCUT2D eigenvalue weighted by Crippen LogP contribution is -2.34. The summed E-state index contributed by atoms with van der Waals surface area (Å²) in [5.74, 6) is -5.90. The molecule has 1 atom stereocenters. The van der Waals surface area contributed by atoms with Crippen LogP contribution in [0.1, 0.15) is 6.42 Å². The summed E-state index contributed by atoms with van der Waals surface area (Å²) in [6.45, 7) is -0.0865. The third-order valence-electron chi connectivity index (χ3n) is 4.25. The molecule has 0 bridgehead atoms. The van der Waals surface area contributed by atoms with Gasteiger partial charge in [-0.1, -0.05) is 18.2 Å². The van der Waals surface area contributed by atoms with Gasteiger partial charge in [0.1, 0.15) is 0 Å². The van der Waals surface area contributed by atoms with E-state index in [-0.39, 0.29) is 24.6 Å². The van der Waals surface area contributed by atoms with Gasteiger partial charge in [0.25, 0.3) is 0 Å². The van der Waals surface area contributed by atoms with E-state index in [2.05, 4.69) is 0 Å². The first-order chi connectivity index (χ1) is 11.9. The van der Waals surface area contributed by atoms with E-state index in [0.29, 0.717) is 5.69 Å². The number of benzene rings is 2. The second kappa shape index (κ2) is 6.58. The lowest BCUT2D eigenvalue weighted by atomic mass is 10.1. The monoisotopic (exact) mass is 348 g/mol. The summed E-state index contributed by atoms with van der Waals surface area (Å²) in [5, 5.41) is 0. The summed E-state index contributed by atoms with van der Waals surface area (Å²) in [6, 6.07) is 10.6. The van der Waals surface area contributed by atoms with E-state index in [1.54, 1.807) is 31.3 Å². The first kappa shape index (κ1) is 17.0. The summed E-state index contributed by atoms with van der Waals surface area (Å²) in [5.41, 5.74) is 0.305. The molecule has 2 aromatic rings. The number of hydrogen-bond acceptors (Lipinski definition) is 2. The van der Waals surface area contributed by atoms with Crippen molar-refractivity contribution in [2.45, 2.75) is 6.42 Å². The fraction of sp³-hybridized carbons (Fsp3) is 0.222. The molecule has 3 rings (SSSR count). The first-order valence-corrected chi connectivity index (χ1v) is 7.66. The van der Waals surface area contributed by atoms with Crippen molar-refractivity contribution in [1.29, 1.82) is 0 Å². The summed E-state index contributed by atoms with van der Waals surface area (Å²) in [7, 11) is 1.59. The third-order valence-corrected chi connectivity index (χ3v) is 4.25. The van der Waals surface area contributed by atoms with Gasteiger partial charge in [-0.2, -0.15) is 0 Å². The number of para-hydroxylation sites is 1. The SMILES string of the molecule is CN(C(=O)C1CC(=O)N(c2ccc(F)c(F)c2F)C1)c1ccccc1. The minimum absolute atomic E-state index is 0.0865. The van der Waals surface area contributed by atoms with Crippen molar-refractivity contribution in [3.05, 3.63) is 59.9 Å². The molecule has 4 nitrogen and oxygen atoms in total. The number of anilines is 2. The van der Waals surface area contributed by atoms with Crippen molar-refractivity contribution in [2.75, 3.05) is 23.4 Å². The van der Waals surface area contributed by atoms with Crippen LogP contribution in [0.4, 0.5) is 24.5 Å². The van der Waals surface area contributed by atoms with Crippen LogP contribution in [0.15, 0.2) is 42.5 Å². The van der Waals surface area contributed by atoms with Crippen LogP contribution in [0.2, 0.25) is 0 Å². The molecule has 1 aliphatic rings. The molecule has 25 heavy (non-hydrogen) atoms. The van der Waals surface area contributed by atoms with Crippen molar-refractivity contribution in [1.82, 2.24) is 0 Å². The van der Waals surface area contributed by atoms with Crippen LogP contribution in [-0.2, 0) is 9.59 Å². The highest BCUT2D eigenvalue weighted by atomic mass is 19.2. The van der Waals surface area contributed by atoms with Gasteiger partial charge in [0.05, 0.1) is 11.6 Å². The Kier molecular flexibility index (Phi) is 4.48. The van der Waals surface area contributed by atoms with Crippen LogP contribution in [0.5, 0.6) is 0 Å². The van der Waals surface area contributed by atoms with Crippen LogP contribution >= 0.6 is 0 Å². The second-order valence-corrected chi connectivity index (χ2v) is 5.83. The molecule has 130 valence electrons. The molecule has 2 aromatic carbocycles. The maximum atomic E-state index is 13.9. The van der Waals surface area contributed by atoms with Crippen LogP contribution in [-0.4, -0.2) is 25.4 Å². The Morgan fingerprint density at radius 3 is 2.44 bits per heavy atom. The molecule has 0 saturated carbocycles. The molecular formula is C18H15F3N2O2. The highest BCUT2D eigenvalue weighted by molar-refractivity contribution is 6.04. The highest BCUT2D eigenvalue weighted by Gasteiger charge is 2.38. The van der Waals surface area contributed by atoms with E-state index < -0.39 is 29.3 Å². The molecule has 2 amide bonds. The van der Waals surface area contributed by atoms with Crippen molar-refractivity contribution in [2.24, 2.45) is 5.92 Å². The summed E-state index contributed by atoms with van der Waals surface area (Å²) in [4.78, 5) is 27.2. The van der Waals surface area contributed by atoms with Crippen LogP contribution < -0.4 is 9.80 Å². The van der Waals surface area contributed by atoms with Crippen molar-refractivity contribution >= 4 is 23.2 Å². The molecule has 0 N–H and O–H groups in total. The van der Waals surface area contributed by atoms with Gasteiger partial charge in [-0.25, -0.2) is 13.2 Å². The third kappa shape index (κ3) is 3.09. The molecule has 0 aromatic heterocycles. The number of halogens is 3. The van der Waals surface area contributed by atoms with E-state index >= 15 is 0 Å². The molecule has 1 heterocycles. The quantitative estimate of drug-likeness (QED) is 0.800. The van der Waals surface area contributed by atoms with E-state index in [1.165, 1.54) is 4.90 Å². The molecule has 0 radical (unpaired) electrons. The van der Waals surface area contributed by atoms with E-state index in [1.807, 2.05) is 6.07 Å². The maximum absolute atomic E-state index is 13.9. The summed E-state index contributed by atoms with van der Waals surface area (Å²) in [6.07, 6.45) is -0.117. The fourth-order valence-electron chi connectivity index (χ4n) is 2.88. The molecule has 1 saturated heterocycles. The van der Waals surface area contributed by atoms with Crippen molar-refractivity contribution in [3.8, 4) is 0 Å². The van der Waals surface area contributed by atoms with Gasteiger partial charge in [0.15, 0.2) is 17.5 Å². The van der Waals surface area contributed by atoms with Crippen LogP contribution in [0.3, 0.4) is 0 Å². The standard InChI is InChI=1S/C18H15F3N2O2/c1-22(12-5-3-2-4-6-12)18(25)11-9-15(24)23(10-11)14-8-7-13(19)16(20)17(14)21/h2-8,11H,9-10H2,1H3.